The molecule has 0 aromatic heterocycles. The Hall–Kier alpha value is -1.14. The number of ether oxygens (including phenoxy) is 1. The van der Waals surface area contributed by atoms with Gasteiger partial charge >= 0.3 is 0 Å². The number of hydrogen-bond acceptors (Lipinski definition) is 5. The number of β-amino-alcohol motifs (C(OH)–C–C–N with tert-alkyl or cyclic N) is 1. The molecule has 4 N–H and O–H groups in total. The fourth-order valence-corrected chi connectivity index (χ4v) is 2.48. The molecule has 0 saturated heterocycles. The molecule has 0 radical (unpaired) electrons. The van der Waals surface area contributed by atoms with Crippen molar-refractivity contribution in [2.24, 2.45) is 0 Å². The smallest absolute Gasteiger partial charge is 0.119 e. The van der Waals surface area contributed by atoms with Crippen LogP contribution in [-0.2, 0) is 12.8 Å². The number of fused-ring (bicyclic) bond motifs is 1. The molecule has 5 nitrogen and oxygen atoms in total. The third-order valence-corrected chi connectivity index (χ3v) is 3.79. The molecule has 2 rings (SSSR count). The maximum Gasteiger partial charge on any atom is 0.119 e. The number of hydrogen-bond donors (Lipinski definition) is 4. The lowest BCUT2D eigenvalue weighted by Crippen LogP contribution is -2.42. The molecule has 1 aromatic carbocycles. The highest BCUT2D eigenvalue weighted by molar-refractivity contribution is 5.38. The Morgan fingerprint density at radius 3 is 2.45 bits per heavy atom. The van der Waals surface area contributed by atoms with Crippen molar-refractivity contribution in [3.8, 4) is 5.75 Å². The van der Waals surface area contributed by atoms with Gasteiger partial charge in [-0.05, 0) is 44.0 Å². The first-order valence-corrected chi connectivity index (χ1v) is 7.78. The third kappa shape index (κ3) is 4.95. The fraction of sp³-hybridized carbons (Fsp3) is 0.647. The van der Waals surface area contributed by atoms with Gasteiger partial charge in [0.05, 0.1) is 12.2 Å². The summed E-state index contributed by atoms with van der Waals surface area (Å²) in [6.07, 6.45) is -1.09. The summed E-state index contributed by atoms with van der Waals surface area (Å²) in [5, 5.41) is 32.6. The first kappa shape index (κ1) is 17.2. The molecule has 1 unspecified atom stereocenters. The molecule has 5 heteroatoms. The molecule has 0 bridgehead atoms. The zero-order valence-corrected chi connectivity index (χ0v) is 13.5. The van der Waals surface area contributed by atoms with E-state index in [2.05, 4.69) is 5.32 Å². The maximum atomic E-state index is 9.93. The van der Waals surface area contributed by atoms with Gasteiger partial charge < -0.3 is 25.4 Å². The van der Waals surface area contributed by atoms with Gasteiger partial charge in [0, 0.05) is 24.9 Å². The van der Waals surface area contributed by atoms with E-state index in [1.807, 2.05) is 39.0 Å². The van der Waals surface area contributed by atoms with Gasteiger partial charge in [0.15, 0.2) is 0 Å². The van der Waals surface area contributed by atoms with Gasteiger partial charge in [-0.25, -0.2) is 0 Å². The van der Waals surface area contributed by atoms with Gasteiger partial charge in [-0.1, -0.05) is 6.07 Å². The summed E-state index contributed by atoms with van der Waals surface area (Å²) in [7, 11) is 0. The number of aliphatic hydroxyl groups is 3. The second-order valence-corrected chi connectivity index (χ2v) is 7.07. The Balaban J connectivity index is 1.88. The predicted octanol–water partition coefficient (Wildman–Crippen LogP) is 0.635. The molecule has 0 amide bonds. The molecule has 1 aliphatic carbocycles. The summed E-state index contributed by atoms with van der Waals surface area (Å²) in [5.41, 5.74) is 2.00. The van der Waals surface area contributed by atoms with Gasteiger partial charge in [-0.15, -0.1) is 0 Å². The van der Waals surface area contributed by atoms with Crippen LogP contribution >= 0.6 is 0 Å². The number of benzene rings is 1. The Morgan fingerprint density at radius 2 is 1.82 bits per heavy atom. The van der Waals surface area contributed by atoms with Crippen molar-refractivity contribution in [3.63, 3.8) is 0 Å². The molecule has 0 spiro atoms. The molecule has 22 heavy (non-hydrogen) atoms. The topological polar surface area (TPSA) is 82.0 Å². The van der Waals surface area contributed by atoms with E-state index in [0.29, 0.717) is 25.1 Å². The molecule has 124 valence electrons. The number of rotatable bonds is 5. The molecule has 3 atom stereocenters. The first-order chi connectivity index (χ1) is 10.2. The average molecular weight is 309 g/mol. The quantitative estimate of drug-likeness (QED) is 0.641. The molecule has 0 heterocycles. The Bertz CT molecular complexity index is 498. The Kier molecular flexibility index (Phi) is 5.45. The highest BCUT2D eigenvalue weighted by Crippen LogP contribution is 2.26. The molecule has 0 fully saturated rings. The molecule has 0 aliphatic heterocycles. The minimum Gasteiger partial charge on any atom is -0.491 e. The Morgan fingerprint density at radius 1 is 1.18 bits per heavy atom. The largest absolute Gasteiger partial charge is 0.491 e. The molecular formula is C17H27NO4. The first-order valence-electron chi connectivity index (χ1n) is 7.78. The van der Waals surface area contributed by atoms with Gasteiger partial charge in [0.25, 0.3) is 0 Å². The fourth-order valence-electron chi connectivity index (χ4n) is 2.48. The third-order valence-electron chi connectivity index (χ3n) is 3.79. The van der Waals surface area contributed by atoms with E-state index in [4.69, 9.17) is 4.74 Å². The highest BCUT2D eigenvalue weighted by Gasteiger charge is 2.25. The average Bonchev–Trinajstić information content (AvgIpc) is 2.43. The summed E-state index contributed by atoms with van der Waals surface area (Å²) in [4.78, 5) is 0. The lowest BCUT2D eigenvalue weighted by atomic mass is 9.88. The van der Waals surface area contributed by atoms with Crippen molar-refractivity contribution in [1.82, 2.24) is 5.32 Å². The second-order valence-electron chi connectivity index (χ2n) is 7.07. The van der Waals surface area contributed by atoms with E-state index >= 15 is 0 Å². The van der Waals surface area contributed by atoms with Gasteiger partial charge in [-0.3, -0.25) is 0 Å². The van der Waals surface area contributed by atoms with E-state index in [1.165, 1.54) is 0 Å². The van der Waals surface area contributed by atoms with Crippen LogP contribution in [0.15, 0.2) is 18.2 Å². The SMILES string of the molecule is CC(C)(C)NCC(O)COc1ccc2c(c1)C[C@@H](O)[C@H](O)C2. The van der Waals surface area contributed by atoms with Crippen molar-refractivity contribution in [2.75, 3.05) is 13.2 Å². The lowest BCUT2D eigenvalue weighted by Gasteiger charge is -2.26. The predicted molar refractivity (Wildman–Crippen MR) is 85.1 cm³/mol. The minimum atomic E-state index is -0.718. The van der Waals surface area contributed by atoms with Gasteiger partial charge in [0.2, 0.25) is 0 Å². The van der Waals surface area contributed by atoms with Crippen LogP contribution in [0.3, 0.4) is 0 Å². The van der Waals surface area contributed by atoms with Crippen LogP contribution in [0.2, 0.25) is 0 Å². The zero-order valence-electron chi connectivity index (χ0n) is 13.5. The normalized spacial score (nSPS) is 23.0. The molecule has 1 aromatic rings. The molecule has 1 aliphatic rings. The number of nitrogens with one attached hydrogen (secondary N) is 1. The van der Waals surface area contributed by atoms with Crippen LogP contribution in [0.4, 0.5) is 0 Å². The van der Waals surface area contributed by atoms with Crippen molar-refractivity contribution in [3.05, 3.63) is 29.3 Å². The van der Waals surface area contributed by atoms with Crippen LogP contribution in [0.5, 0.6) is 5.75 Å². The van der Waals surface area contributed by atoms with Gasteiger partial charge in [-0.2, -0.15) is 0 Å². The maximum absolute atomic E-state index is 9.93. The van der Waals surface area contributed by atoms with E-state index in [0.717, 1.165) is 11.1 Å². The minimum absolute atomic E-state index is 0.0379. The van der Waals surface area contributed by atoms with E-state index in [1.54, 1.807) is 0 Å². The molecular weight excluding hydrogens is 282 g/mol. The van der Waals surface area contributed by atoms with Crippen molar-refractivity contribution in [1.29, 1.82) is 0 Å². The van der Waals surface area contributed by atoms with Crippen LogP contribution in [0, 0.1) is 0 Å². The summed E-state index contributed by atoms with van der Waals surface area (Å²) in [6, 6.07) is 5.64. The van der Waals surface area contributed by atoms with Crippen LogP contribution < -0.4 is 10.1 Å². The van der Waals surface area contributed by atoms with E-state index in [9.17, 15) is 15.3 Å². The van der Waals surface area contributed by atoms with Crippen LogP contribution in [0.1, 0.15) is 31.9 Å². The Labute approximate surface area is 131 Å². The van der Waals surface area contributed by atoms with Crippen molar-refractivity contribution >= 4 is 0 Å². The van der Waals surface area contributed by atoms with Crippen LogP contribution in [0.25, 0.3) is 0 Å². The van der Waals surface area contributed by atoms with Gasteiger partial charge in [0.1, 0.15) is 18.5 Å². The number of aliphatic hydroxyl groups excluding tert-OH is 3. The standard InChI is InChI=1S/C17H27NO4/c1-17(2,3)18-9-13(19)10-22-14-5-4-11-7-15(20)16(21)8-12(11)6-14/h4-6,13,15-16,18-21H,7-10H2,1-3H3/t13?,15-,16-/m1/s1. The van der Waals surface area contributed by atoms with E-state index < -0.39 is 18.3 Å². The van der Waals surface area contributed by atoms with E-state index in [-0.39, 0.29) is 12.1 Å². The van der Waals surface area contributed by atoms with Crippen molar-refractivity contribution in [2.45, 2.75) is 57.5 Å². The summed E-state index contributed by atoms with van der Waals surface area (Å²) >= 11 is 0. The summed E-state index contributed by atoms with van der Waals surface area (Å²) in [6.45, 7) is 6.82. The second kappa shape index (κ2) is 6.96. The molecule has 0 saturated carbocycles. The monoisotopic (exact) mass is 309 g/mol. The zero-order chi connectivity index (χ0) is 16.3. The van der Waals surface area contributed by atoms with Crippen LogP contribution in [-0.4, -0.2) is 52.3 Å². The summed E-state index contributed by atoms with van der Waals surface area (Å²) < 4.78 is 5.63. The lowest BCUT2D eigenvalue weighted by molar-refractivity contribution is 0.0140. The summed E-state index contributed by atoms with van der Waals surface area (Å²) in [5.74, 6) is 0.678. The van der Waals surface area contributed by atoms with Crippen molar-refractivity contribution < 1.29 is 20.1 Å². The highest BCUT2D eigenvalue weighted by atomic mass is 16.5.